The molecule has 2 heterocycles. The van der Waals surface area contributed by atoms with Crippen molar-refractivity contribution in [3.63, 3.8) is 0 Å². The third kappa shape index (κ3) is 6.29. The van der Waals surface area contributed by atoms with Crippen LogP contribution in [0.3, 0.4) is 0 Å². The van der Waals surface area contributed by atoms with Crippen LogP contribution < -0.4 is 16.0 Å². The van der Waals surface area contributed by atoms with E-state index in [0.717, 1.165) is 45.0 Å². The maximum Gasteiger partial charge on any atom is 0.221 e. The Hall–Kier alpha value is -1.66. The number of amides is 1. The first-order valence-corrected chi connectivity index (χ1v) is 9.31. The van der Waals surface area contributed by atoms with E-state index >= 15 is 0 Å². The molecule has 1 aromatic rings. The minimum Gasteiger partial charge on any atom is -0.354 e. The molecule has 0 radical (unpaired) electrons. The lowest BCUT2D eigenvalue weighted by Gasteiger charge is -2.35. The molecule has 0 spiro atoms. The van der Waals surface area contributed by atoms with Gasteiger partial charge in [-0.05, 0) is 31.4 Å². The van der Waals surface area contributed by atoms with E-state index in [2.05, 4.69) is 33.9 Å². The van der Waals surface area contributed by atoms with Gasteiger partial charge < -0.3 is 16.0 Å². The molecule has 6 nitrogen and oxygen atoms in total. The number of nitrogens with zero attached hydrogens (tertiary/aromatic N) is 3. The maximum atomic E-state index is 12.3. The van der Waals surface area contributed by atoms with Gasteiger partial charge in [0.2, 0.25) is 5.91 Å². The van der Waals surface area contributed by atoms with Crippen LogP contribution in [-0.4, -0.2) is 60.6 Å². The van der Waals surface area contributed by atoms with Crippen molar-refractivity contribution >= 4 is 11.7 Å². The molecular weight excluding hydrogens is 314 g/mol. The number of nitrogens with one attached hydrogen (secondary N) is 1. The van der Waals surface area contributed by atoms with Crippen molar-refractivity contribution in [1.82, 2.24) is 15.2 Å². The molecule has 1 fully saturated rings. The Bertz CT molecular complexity index is 528. The fourth-order valence-electron chi connectivity index (χ4n) is 3.49. The number of piperazine rings is 1. The maximum absolute atomic E-state index is 12.3. The molecule has 6 heteroatoms. The summed E-state index contributed by atoms with van der Waals surface area (Å²) < 4.78 is 0. The van der Waals surface area contributed by atoms with E-state index in [1.165, 1.54) is 0 Å². The van der Waals surface area contributed by atoms with E-state index in [1.54, 1.807) is 0 Å². The van der Waals surface area contributed by atoms with Crippen LogP contribution in [0.4, 0.5) is 5.82 Å². The molecule has 1 unspecified atom stereocenters. The summed E-state index contributed by atoms with van der Waals surface area (Å²) in [6, 6.07) is 6.00. The quantitative estimate of drug-likeness (QED) is 0.745. The smallest absolute Gasteiger partial charge is 0.221 e. The van der Waals surface area contributed by atoms with Gasteiger partial charge in [0, 0.05) is 57.4 Å². The Morgan fingerprint density at radius 3 is 2.60 bits per heavy atom. The lowest BCUT2D eigenvalue weighted by Crippen LogP contribution is -2.53. The summed E-state index contributed by atoms with van der Waals surface area (Å²) in [5, 5.41) is 3.14. The Balaban J connectivity index is 1.72. The van der Waals surface area contributed by atoms with Crippen LogP contribution in [0, 0.1) is 5.92 Å². The van der Waals surface area contributed by atoms with Crippen molar-refractivity contribution in [3.05, 3.63) is 24.4 Å². The van der Waals surface area contributed by atoms with Gasteiger partial charge in [0.05, 0.1) is 0 Å². The van der Waals surface area contributed by atoms with Crippen LogP contribution in [0.1, 0.15) is 33.6 Å². The van der Waals surface area contributed by atoms with Crippen LogP contribution in [-0.2, 0) is 4.79 Å². The molecule has 0 saturated carbocycles. The summed E-state index contributed by atoms with van der Waals surface area (Å²) in [6.07, 6.45) is 3.26. The molecule has 1 atom stereocenters. The van der Waals surface area contributed by atoms with E-state index in [4.69, 9.17) is 5.73 Å². The van der Waals surface area contributed by atoms with E-state index in [-0.39, 0.29) is 11.4 Å². The number of carbonyl (C=O) groups excluding carboxylic acids is 1. The number of carbonyl (C=O) groups is 1. The molecule has 1 aromatic heterocycles. The van der Waals surface area contributed by atoms with Crippen molar-refractivity contribution in [1.29, 1.82) is 0 Å². The van der Waals surface area contributed by atoms with Crippen LogP contribution in [0.15, 0.2) is 24.4 Å². The predicted octanol–water partition coefficient (Wildman–Crippen LogP) is 1.47. The lowest BCUT2D eigenvalue weighted by molar-refractivity contribution is -0.123. The van der Waals surface area contributed by atoms with Crippen LogP contribution in [0.25, 0.3) is 0 Å². The van der Waals surface area contributed by atoms with E-state index in [0.29, 0.717) is 18.9 Å². The van der Waals surface area contributed by atoms with Gasteiger partial charge in [0.1, 0.15) is 5.82 Å². The van der Waals surface area contributed by atoms with E-state index in [1.807, 2.05) is 31.3 Å². The van der Waals surface area contributed by atoms with Crippen LogP contribution >= 0.6 is 0 Å². The summed E-state index contributed by atoms with van der Waals surface area (Å²) in [6.45, 7) is 11.4. The number of hydrogen-bond donors (Lipinski definition) is 2. The van der Waals surface area contributed by atoms with Gasteiger partial charge in [-0.3, -0.25) is 9.69 Å². The Kier molecular flexibility index (Phi) is 7.20. The zero-order valence-corrected chi connectivity index (χ0v) is 15.9. The van der Waals surface area contributed by atoms with Gasteiger partial charge in [0.25, 0.3) is 0 Å². The molecule has 0 aromatic carbocycles. The van der Waals surface area contributed by atoms with Crippen LogP contribution in [0.5, 0.6) is 0 Å². The predicted molar refractivity (Wildman–Crippen MR) is 103 cm³/mol. The third-order valence-electron chi connectivity index (χ3n) is 4.75. The summed E-state index contributed by atoms with van der Waals surface area (Å²) in [5.41, 5.74) is 5.57. The first-order valence-electron chi connectivity index (χ1n) is 9.31. The standard InChI is InChI=1S/C19H33N5O/c1-16(2)14-19(3,15-20)22-18(25)7-9-23-10-12-24(13-11-23)17-6-4-5-8-21-17/h4-6,8,16H,7,9-15,20H2,1-3H3,(H,22,25). The summed E-state index contributed by atoms with van der Waals surface area (Å²) >= 11 is 0. The highest BCUT2D eigenvalue weighted by Crippen LogP contribution is 2.16. The van der Waals surface area contributed by atoms with Crippen molar-refractivity contribution < 1.29 is 4.79 Å². The average Bonchev–Trinajstić information content (AvgIpc) is 2.60. The Morgan fingerprint density at radius 1 is 1.32 bits per heavy atom. The Morgan fingerprint density at radius 2 is 2.04 bits per heavy atom. The van der Waals surface area contributed by atoms with E-state index in [9.17, 15) is 4.79 Å². The Labute approximate surface area is 151 Å². The van der Waals surface area contributed by atoms with Crippen LogP contribution in [0.2, 0.25) is 0 Å². The monoisotopic (exact) mass is 347 g/mol. The second kappa shape index (κ2) is 9.15. The fraction of sp³-hybridized carbons (Fsp3) is 0.684. The van der Waals surface area contributed by atoms with Gasteiger partial charge in [-0.15, -0.1) is 0 Å². The number of pyridine rings is 1. The number of hydrogen-bond acceptors (Lipinski definition) is 5. The molecule has 3 N–H and O–H groups in total. The molecule has 1 aliphatic heterocycles. The molecular formula is C19H33N5O. The zero-order chi connectivity index (χ0) is 18.3. The fourth-order valence-corrected chi connectivity index (χ4v) is 3.49. The molecule has 25 heavy (non-hydrogen) atoms. The largest absolute Gasteiger partial charge is 0.354 e. The van der Waals surface area contributed by atoms with Gasteiger partial charge in [0.15, 0.2) is 0 Å². The SMILES string of the molecule is CC(C)CC(C)(CN)NC(=O)CCN1CCN(c2ccccn2)CC1. The van der Waals surface area contributed by atoms with Crippen molar-refractivity contribution in [2.24, 2.45) is 11.7 Å². The second-order valence-electron chi connectivity index (χ2n) is 7.68. The molecule has 1 aliphatic rings. The molecule has 0 bridgehead atoms. The number of aromatic nitrogens is 1. The van der Waals surface area contributed by atoms with Crippen molar-refractivity contribution in [3.8, 4) is 0 Å². The van der Waals surface area contributed by atoms with Gasteiger partial charge in [-0.1, -0.05) is 19.9 Å². The van der Waals surface area contributed by atoms with Gasteiger partial charge in [-0.2, -0.15) is 0 Å². The molecule has 0 aliphatic carbocycles. The highest BCUT2D eigenvalue weighted by atomic mass is 16.1. The van der Waals surface area contributed by atoms with E-state index < -0.39 is 0 Å². The summed E-state index contributed by atoms with van der Waals surface area (Å²) in [7, 11) is 0. The number of nitrogens with two attached hydrogens (primary N) is 1. The summed E-state index contributed by atoms with van der Waals surface area (Å²) in [4.78, 5) is 21.4. The van der Waals surface area contributed by atoms with Gasteiger partial charge in [-0.25, -0.2) is 4.98 Å². The second-order valence-corrected chi connectivity index (χ2v) is 7.68. The number of rotatable bonds is 8. The highest BCUT2D eigenvalue weighted by molar-refractivity contribution is 5.77. The molecule has 1 saturated heterocycles. The first kappa shape index (κ1) is 19.7. The molecule has 2 rings (SSSR count). The summed E-state index contributed by atoms with van der Waals surface area (Å²) in [5.74, 6) is 1.64. The topological polar surface area (TPSA) is 74.5 Å². The highest BCUT2D eigenvalue weighted by Gasteiger charge is 2.26. The minimum atomic E-state index is -0.303. The normalized spacial score (nSPS) is 18.2. The number of anilines is 1. The average molecular weight is 348 g/mol. The third-order valence-corrected chi connectivity index (χ3v) is 4.75. The van der Waals surface area contributed by atoms with Crippen molar-refractivity contribution in [2.45, 2.75) is 39.2 Å². The first-order chi connectivity index (χ1) is 11.9. The molecule has 1 amide bonds. The van der Waals surface area contributed by atoms with Crippen molar-refractivity contribution in [2.75, 3.05) is 44.2 Å². The minimum absolute atomic E-state index is 0.0979. The lowest BCUT2D eigenvalue weighted by atomic mass is 9.90. The zero-order valence-electron chi connectivity index (χ0n) is 15.9. The molecule has 140 valence electrons. The van der Waals surface area contributed by atoms with Gasteiger partial charge >= 0.3 is 0 Å².